The lowest BCUT2D eigenvalue weighted by Crippen LogP contribution is -2.58. The Hall–Kier alpha value is -0.160. The molecule has 2 saturated heterocycles. The van der Waals surface area contributed by atoms with Gasteiger partial charge in [-0.2, -0.15) is 0 Å². The average molecular weight is 447 g/mol. The van der Waals surface area contributed by atoms with E-state index >= 15 is 0 Å². The maximum atomic E-state index is 11.2. The Morgan fingerprint density at radius 3 is 2.47 bits per heavy atom. The molecule has 4 saturated carbocycles. The van der Waals surface area contributed by atoms with Crippen LogP contribution in [0, 0.1) is 46.3 Å². The highest BCUT2D eigenvalue weighted by Crippen LogP contribution is 2.69. The molecule has 0 aromatic rings. The quantitative estimate of drug-likeness (QED) is 0.455. The minimum Gasteiger partial charge on any atom is -0.393 e. The maximum Gasteiger partial charge on any atom is 0.157 e. The zero-order valence-electron chi connectivity index (χ0n) is 20.8. The van der Waals surface area contributed by atoms with Crippen LogP contribution >= 0.6 is 0 Å². The summed E-state index contributed by atoms with van der Waals surface area (Å²) in [7, 11) is 0. The third-order valence-corrected chi connectivity index (χ3v) is 11.9. The van der Waals surface area contributed by atoms with Crippen molar-refractivity contribution in [2.75, 3.05) is 6.61 Å². The molecular formula is C28H46O4. The molecular weight excluding hydrogens is 400 g/mol. The van der Waals surface area contributed by atoms with Gasteiger partial charge >= 0.3 is 0 Å². The predicted molar refractivity (Wildman–Crippen MR) is 124 cm³/mol. The van der Waals surface area contributed by atoms with Crippen LogP contribution in [0.1, 0.15) is 91.9 Å². The molecule has 4 heteroatoms. The van der Waals surface area contributed by atoms with Gasteiger partial charge in [0.2, 0.25) is 0 Å². The van der Waals surface area contributed by atoms with Gasteiger partial charge in [-0.05, 0) is 117 Å². The van der Waals surface area contributed by atoms with E-state index in [4.69, 9.17) is 14.2 Å². The van der Waals surface area contributed by atoms with E-state index in [9.17, 15) is 5.11 Å². The molecule has 0 aromatic heterocycles. The van der Waals surface area contributed by atoms with Crippen molar-refractivity contribution in [1.82, 2.24) is 0 Å². The summed E-state index contributed by atoms with van der Waals surface area (Å²) in [6.07, 6.45) is 13.1. The number of hydrogen-bond donors (Lipinski definition) is 1. The van der Waals surface area contributed by atoms with Crippen molar-refractivity contribution in [1.29, 1.82) is 0 Å². The zero-order chi connectivity index (χ0) is 22.3. The Balaban J connectivity index is 1.22. The second-order valence-corrected chi connectivity index (χ2v) is 13.1. The van der Waals surface area contributed by atoms with Gasteiger partial charge in [-0.25, -0.2) is 0 Å². The largest absolute Gasteiger partial charge is 0.393 e. The van der Waals surface area contributed by atoms with Crippen LogP contribution in [0.15, 0.2) is 0 Å². The van der Waals surface area contributed by atoms with Crippen molar-refractivity contribution < 1.29 is 19.3 Å². The Bertz CT molecular complexity index is 706. The van der Waals surface area contributed by atoms with Gasteiger partial charge in [0.05, 0.1) is 24.4 Å². The van der Waals surface area contributed by atoms with E-state index in [-0.39, 0.29) is 17.8 Å². The number of aliphatic hydroxyl groups excluding tert-OH is 1. The molecule has 0 radical (unpaired) electrons. The molecule has 3 unspecified atom stereocenters. The van der Waals surface area contributed by atoms with Crippen LogP contribution in [-0.2, 0) is 14.2 Å². The first-order valence-corrected chi connectivity index (χ1v) is 13.9. The van der Waals surface area contributed by atoms with Gasteiger partial charge in [0.25, 0.3) is 0 Å². The van der Waals surface area contributed by atoms with Crippen molar-refractivity contribution in [3.8, 4) is 0 Å². The van der Waals surface area contributed by atoms with Crippen LogP contribution < -0.4 is 0 Å². The van der Waals surface area contributed by atoms with Gasteiger partial charge < -0.3 is 19.3 Å². The van der Waals surface area contributed by atoms with Crippen LogP contribution in [0.3, 0.4) is 0 Å². The number of epoxide rings is 1. The molecule has 13 atom stereocenters. The Morgan fingerprint density at radius 2 is 1.75 bits per heavy atom. The highest BCUT2D eigenvalue weighted by atomic mass is 16.7. The molecule has 6 rings (SSSR count). The van der Waals surface area contributed by atoms with Crippen LogP contribution in [0.5, 0.6) is 0 Å². The molecule has 182 valence electrons. The van der Waals surface area contributed by atoms with Gasteiger partial charge in [0.15, 0.2) is 6.29 Å². The number of fused-ring (bicyclic) bond motifs is 5. The Morgan fingerprint density at radius 1 is 0.938 bits per heavy atom. The fraction of sp³-hybridized carbons (Fsp3) is 1.00. The smallest absolute Gasteiger partial charge is 0.157 e. The molecule has 0 spiro atoms. The van der Waals surface area contributed by atoms with E-state index in [2.05, 4.69) is 27.7 Å². The summed E-state index contributed by atoms with van der Waals surface area (Å²) in [5.41, 5.74) is 0.508. The van der Waals surface area contributed by atoms with E-state index in [1.165, 1.54) is 51.4 Å². The first-order valence-electron chi connectivity index (χ1n) is 13.9. The highest BCUT2D eigenvalue weighted by Gasteiger charge is 2.66. The second-order valence-electron chi connectivity index (χ2n) is 13.1. The summed E-state index contributed by atoms with van der Waals surface area (Å²) in [5, 5.41) is 11.2. The third-order valence-electron chi connectivity index (χ3n) is 11.9. The Labute approximate surface area is 195 Å². The third kappa shape index (κ3) is 3.29. The van der Waals surface area contributed by atoms with E-state index in [0.717, 1.165) is 37.2 Å². The van der Waals surface area contributed by atoms with Crippen molar-refractivity contribution in [3.63, 3.8) is 0 Å². The molecule has 0 amide bonds. The first-order chi connectivity index (χ1) is 15.3. The van der Waals surface area contributed by atoms with Crippen molar-refractivity contribution in [3.05, 3.63) is 0 Å². The minimum atomic E-state index is -0.141. The summed E-state index contributed by atoms with van der Waals surface area (Å²) >= 11 is 0. The van der Waals surface area contributed by atoms with E-state index in [1.807, 2.05) is 0 Å². The topological polar surface area (TPSA) is 51.2 Å². The van der Waals surface area contributed by atoms with Gasteiger partial charge in [0, 0.05) is 6.61 Å². The maximum absolute atomic E-state index is 11.2. The monoisotopic (exact) mass is 446 g/mol. The molecule has 2 aliphatic heterocycles. The van der Waals surface area contributed by atoms with Gasteiger partial charge in [0.1, 0.15) is 0 Å². The molecule has 0 bridgehead atoms. The standard InChI is InChI=1S/C28H46O4/c1-16-13-19(32-24-7-5-6-12-30-24)14-18-8-9-20-22(28(16,18)4)10-11-27(3)23(29)15-21(25(20)27)26-17(2)31-26/h16-26,29H,5-15H2,1-4H3/t16-,17?,18-,19+,20+,21+,22-,23-,24?,25+,26?,27+,28-/m0/s1. The summed E-state index contributed by atoms with van der Waals surface area (Å²) in [4.78, 5) is 0. The SMILES string of the molecule is CC1OC1[C@@H]1C[C@H](O)[C@@]2(C)CC[C@H]3[C@@H](CC[C@H]4C[C@H](OC5CCCCO5)C[C@H](C)[C@@]43C)[C@H]12. The van der Waals surface area contributed by atoms with E-state index in [1.54, 1.807) is 0 Å². The average Bonchev–Trinajstić information content (AvgIpc) is 3.43. The lowest BCUT2D eigenvalue weighted by atomic mass is 9.42. The van der Waals surface area contributed by atoms with E-state index in [0.29, 0.717) is 41.5 Å². The fourth-order valence-corrected chi connectivity index (χ4v) is 9.95. The van der Waals surface area contributed by atoms with Gasteiger partial charge in [-0.1, -0.05) is 20.8 Å². The van der Waals surface area contributed by atoms with Crippen LogP contribution in [0.2, 0.25) is 0 Å². The molecule has 0 aromatic carbocycles. The zero-order valence-corrected chi connectivity index (χ0v) is 20.8. The molecule has 6 fully saturated rings. The Kier molecular flexibility index (Phi) is 5.53. The number of hydrogen-bond acceptors (Lipinski definition) is 4. The summed E-state index contributed by atoms with van der Waals surface area (Å²) in [6.45, 7) is 10.7. The van der Waals surface area contributed by atoms with Crippen LogP contribution in [0.25, 0.3) is 0 Å². The summed E-state index contributed by atoms with van der Waals surface area (Å²) in [6, 6.07) is 0. The number of aliphatic hydroxyl groups is 1. The summed E-state index contributed by atoms with van der Waals surface area (Å²) in [5.74, 6) is 4.22. The lowest BCUT2D eigenvalue weighted by molar-refractivity contribution is -0.223. The van der Waals surface area contributed by atoms with Gasteiger partial charge in [-0.3, -0.25) is 0 Å². The van der Waals surface area contributed by atoms with Crippen molar-refractivity contribution >= 4 is 0 Å². The number of ether oxygens (including phenoxy) is 3. The first kappa shape index (κ1) is 22.3. The second kappa shape index (κ2) is 7.93. The number of rotatable bonds is 3. The van der Waals surface area contributed by atoms with Crippen LogP contribution in [0.4, 0.5) is 0 Å². The van der Waals surface area contributed by atoms with E-state index < -0.39 is 0 Å². The lowest BCUT2D eigenvalue weighted by Gasteiger charge is -2.63. The van der Waals surface area contributed by atoms with Gasteiger partial charge in [-0.15, -0.1) is 0 Å². The van der Waals surface area contributed by atoms with Crippen molar-refractivity contribution in [2.24, 2.45) is 46.3 Å². The molecule has 32 heavy (non-hydrogen) atoms. The highest BCUT2D eigenvalue weighted by molar-refractivity contribution is 5.14. The van der Waals surface area contributed by atoms with Crippen molar-refractivity contribution in [2.45, 2.75) is 123 Å². The molecule has 1 N–H and O–H groups in total. The minimum absolute atomic E-state index is 0.0401. The molecule has 4 aliphatic carbocycles. The van der Waals surface area contributed by atoms with Crippen LogP contribution in [-0.4, -0.2) is 42.4 Å². The molecule has 4 nitrogen and oxygen atoms in total. The normalized spacial score (nSPS) is 59.7. The molecule has 2 heterocycles. The molecule has 6 aliphatic rings. The fourth-order valence-electron chi connectivity index (χ4n) is 9.95. The summed E-state index contributed by atoms with van der Waals surface area (Å²) < 4.78 is 18.5. The predicted octanol–water partition coefficient (Wildman–Crippen LogP) is 5.56.